The predicted octanol–water partition coefficient (Wildman–Crippen LogP) is 5.13. The largest absolute Gasteiger partial charge is 0.466 e. The summed E-state index contributed by atoms with van der Waals surface area (Å²) in [7, 11) is 1.43. The zero-order valence-corrected chi connectivity index (χ0v) is 16.2. The van der Waals surface area contributed by atoms with E-state index in [-0.39, 0.29) is 23.8 Å². The summed E-state index contributed by atoms with van der Waals surface area (Å²) in [6, 6.07) is 14.8. The molecule has 0 amide bonds. The number of ketones is 1. The number of benzene rings is 2. The number of furan rings is 1. The molecule has 3 aromatic rings. The molecule has 1 aromatic heterocycles. The molecule has 0 N–H and O–H groups in total. The van der Waals surface area contributed by atoms with E-state index < -0.39 is 10.7 Å². The molecule has 0 fully saturated rings. The van der Waals surface area contributed by atoms with Crippen molar-refractivity contribution in [2.45, 2.75) is 0 Å². The Morgan fingerprint density at radius 2 is 1.83 bits per heavy atom. The Kier molecular flexibility index (Phi) is 6.91. The van der Waals surface area contributed by atoms with Gasteiger partial charge in [0.1, 0.15) is 17.1 Å². The minimum absolute atomic E-state index is 0.0857. The predicted molar refractivity (Wildman–Crippen MR) is 112 cm³/mol. The fraction of sp³-hybridized carbons (Fsp3) is 0.0870. The maximum atomic E-state index is 13.1. The molecule has 0 aliphatic heterocycles. The molecule has 7 nitrogen and oxygen atoms in total. The molecular weight excluding hydrogens is 386 g/mol. The van der Waals surface area contributed by atoms with E-state index in [4.69, 9.17) is 13.9 Å². The second-order valence-corrected chi connectivity index (χ2v) is 6.11. The first-order valence-electron chi connectivity index (χ1n) is 9.03. The van der Waals surface area contributed by atoms with Crippen molar-refractivity contribution in [2.75, 3.05) is 13.9 Å². The van der Waals surface area contributed by atoms with Crippen LogP contribution in [0.4, 0.5) is 5.69 Å². The summed E-state index contributed by atoms with van der Waals surface area (Å²) in [5, 5.41) is 11.6. The van der Waals surface area contributed by atoms with Crippen molar-refractivity contribution in [2.24, 2.45) is 0 Å². The van der Waals surface area contributed by atoms with E-state index in [1.807, 2.05) is 0 Å². The van der Waals surface area contributed by atoms with Crippen LogP contribution in [0.5, 0.6) is 5.75 Å². The number of nitro groups is 1. The van der Waals surface area contributed by atoms with Gasteiger partial charge in [-0.3, -0.25) is 14.9 Å². The van der Waals surface area contributed by atoms with Crippen molar-refractivity contribution in [1.82, 2.24) is 0 Å². The highest BCUT2D eigenvalue weighted by Crippen LogP contribution is 2.35. The molecule has 0 unspecified atom stereocenters. The number of methoxy groups -OCH3 is 1. The quantitative estimate of drug-likeness (QED) is 0.161. The maximum Gasteiger partial charge on any atom is 0.284 e. The van der Waals surface area contributed by atoms with Crippen LogP contribution in [0.25, 0.3) is 12.2 Å². The molecule has 0 aliphatic rings. The van der Waals surface area contributed by atoms with Crippen LogP contribution in [0.15, 0.2) is 77.4 Å². The number of ether oxygens (including phenoxy) is 2. The lowest BCUT2D eigenvalue weighted by Crippen LogP contribution is -2.11. The molecule has 0 radical (unpaired) electrons. The van der Waals surface area contributed by atoms with E-state index in [0.717, 1.165) is 0 Å². The number of hydrogen-bond acceptors (Lipinski definition) is 6. The van der Waals surface area contributed by atoms with Crippen LogP contribution in [-0.2, 0) is 4.74 Å². The number of hydrogen-bond donors (Lipinski definition) is 0. The Morgan fingerprint density at radius 3 is 2.50 bits per heavy atom. The van der Waals surface area contributed by atoms with Crippen LogP contribution < -0.4 is 4.74 Å². The first-order valence-corrected chi connectivity index (χ1v) is 9.03. The first kappa shape index (κ1) is 20.8. The zero-order chi connectivity index (χ0) is 21.3. The molecule has 152 valence electrons. The third kappa shape index (κ3) is 4.89. The summed E-state index contributed by atoms with van der Waals surface area (Å²) < 4.78 is 15.8. The van der Waals surface area contributed by atoms with Gasteiger partial charge in [0.15, 0.2) is 6.79 Å². The summed E-state index contributed by atoms with van der Waals surface area (Å²) in [6.45, 7) is -0.167. The second-order valence-electron chi connectivity index (χ2n) is 6.11. The molecule has 0 bridgehead atoms. The molecule has 2 aromatic carbocycles. The van der Waals surface area contributed by atoms with Gasteiger partial charge in [-0.2, -0.15) is 0 Å². The third-order valence-corrected chi connectivity index (χ3v) is 4.14. The van der Waals surface area contributed by atoms with Crippen molar-refractivity contribution in [3.8, 4) is 5.75 Å². The van der Waals surface area contributed by atoms with E-state index in [1.54, 1.807) is 73.0 Å². The van der Waals surface area contributed by atoms with Gasteiger partial charge in [0.05, 0.1) is 11.2 Å². The molecule has 0 atom stereocenters. The first-order chi connectivity index (χ1) is 14.6. The van der Waals surface area contributed by atoms with Gasteiger partial charge in [0, 0.05) is 24.3 Å². The van der Waals surface area contributed by atoms with Crippen LogP contribution in [0.1, 0.15) is 27.2 Å². The molecule has 1 heterocycles. The van der Waals surface area contributed by atoms with Crippen molar-refractivity contribution >= 4 is 23.6 Å². The van der Waals surface area contributed by atoms with Crippen LogP contribution in [0.2, 0.25) is 0 Å². The Balaban J connectivity index is 2.06. The monoisotopic (exact) mass is 405 g/mol. The average molecular weight is 405 g/mol. The van der Waals surface area contributed by atoms with Crippen molar-refractivity contribution in [3.63, 3.8) is 0 Å². The van der Waals surface area contributed by atoms with Crippen LogP contribution in [-0.4, -0.2) is 24.6 Å². The molecule has 0 saturated heterocycles. The van der Waals surface area contributed by atoms with Gasteiger partial charge < -0.3 is 13.9 Å². The Morgan fingerprint density at radius 1 is 1.07 bits per heavy atom. The minimum atomic E-state index is -0.597. The topological polar surface area (TPSA) is 91.8 Å². The molecule has 0 saturated carbocycles. The number of carbonyl (C=O) groups is 1. The summed E-state index contributed by atoms with van der Waals surface area (Å²) >= 11 is 0. The standard InChI is InChI=1S/C23H19NO6/c1-28-16-30-23-18(10-5-6-11-19-12-7-15-29-19)13-14-20(24(26)27)21(23)22(25)17-8-3-2-4-9-17/h2-15H,16H2,1H3/b10-5+,11-6+. The van der Waals surface area contributed by atoms with E-state index in [1.165, 1.54) is 19.2 Å². The smallest absolute Gasteiger partial charge is 0.284 e. The van der Waals surface area contributed by atoms with Crippen LogP contribution in [0.3, 0.4) is 0 Å². The molecule has 3 rings (SSSR count). The lowest BCUT2D eigenvalue weighted by atomic mass is 9.97. The fourth-order valence-corrected chi connectivity index (χ4v) is 2.79. The average Bonchev–Trinajstić information content (AvgIpc) is 3.28. The maximum absolute atomic E-state index is 13.1. The Labute approximate surface area is 173 Å². The molecule has 30 heavy (non-hydrogen) atoms. The second kappa shape index (κ2) is 9.99. The number of rotatable bonds is 9. The summed E-state index contributed by atoms with van der Waals surface area (Å²) in [5.41, 5.74) is 0.362. The summed E-state index contributed by atoms with van der Waals surface area (Å²) in [5.74, 6) is 0.261. The Bertz CT molecular complexity index is 1070. The normalized spacial score (nSPS) is 11.2. The lowest BCUT2D eigenvalue weighted by molar-refractivity contribution is -0.385. The Hall–Kier alpha value is -3.97. The number of carbonyl (C=O) groups excluding carboxylic acids is 1. The molecule has 7 heteroatoms. The zero-order valence-electron chi connectivity index (χ0n) is 16.2. The molecular formula is C23H19NO6. The van der Waals surface area contributed by atoms with Gasteiger partial charge in [-0.25, -0.2) is 0 Å². The van der Waals surface area contributed by atoms with E-state index in [0.29, 0.717) is 16.9 Å². The highest BCUT2D eigenvalue weighted by Gasteiger charge is 2.28. The van der Waals surface area contributed by atoms with Crippen LogP contribution in [0, 0.1) is 10.1 Å². The summed E-state index contributed by atoms with van der Waals surface area (Å²) in [4.78, 5) is 24.1. The van der Waals surface area contributed by atoms with Gasteiger partial charge >= 0.3 is 0 Å². The van der Waals surface area contributed by atoms with Crippen molar-refractivity contribution in [1.29, 1.82) is 0 Å². The third-order valence-electron chi connectivity index (χ3n) is 4.14. The SMILES string of the molecule is COCOc1c(/C=C/C=C/c2ccco2)ccc([N+](=O)[O-])c1C(=O)c1ccccc1. The highest BCUT2D eigenvalue weighted by molar-refractivity contribution is 6.13. The van der Waals surface area contributed by atoms with E-state index in [2.05, 4.69) is 0 Å². The minimum Gasteiger partial charge on any atom is -0.466 e. The van der Waals surface area contributed by atoms with Crippen molar-refractivity contribution in [3.05, 3.63) is 106 Å². The van der Waals surface area contributed by atoms with Crippen molar-refractivity contribution < 1.29 is 23.6 Å². The molecule has 0 spiro atoms. The number of nitro benzene ring substituents is 1. The van der Waals surface area contributed by atoms with Gasteiger partial charge in [-0.1, -0.05) is 48.6 Å². The molecule has 0 aliphatic carbocycles. The van der Waals surface area contributed by atoms with E-state index >= 15 is 0 Å². The number of nitrogens with zero attached hydrogens (tertiary/aromatic N) is 1. The van der Waals surface area contributed by atoms with Gasteiger partial charge in [-0.15, -0.1) is 0 Å². The highest BCUT2D eigenvalue weighted by atomic mass is 16.7. The summed E-state index contributed by atoms with van der Waals surface area (Å²) in [6.07, 6.45) is 8.49. The fourth-order valence-electron chi connectivity index (χ4n) is 2.79. The lowest BCUT2D eigenvalue weighted by Gasteiger charge is -2.13. The van der Waals surface area contributed by atoms with Gasteiger partial charge in [0.2, 0.25) is 5.78 Å². The van der Waals surface area contributed by atoms with E-state index in [9.17, 15) is 14.9 Å². The van der Waals surface area contributed by atoms with Crippen LogP contribution >= 0.6 is 0 Å². The number of allylic oxidation sites excluding steroid dienone is 2. The van der Waals surface area contributed by atoms with Gasteiger partial charge in [0.25, 0.3) is 5.69 Å². The van der Waals surface area contributed by atoms with Gasteiger partial charge in [-0.05, 0) is 24.3 Å².